The van der Waals surface area contributed by atoms with E-state index in [1.807, 2.05) is 11.8 Å². The number of carbonyl (C=O) groups is 2. The van der Waals surface area contributed by atoms with Crippen LogP contribution in [0.15, 0.2) is 36.4 Å². The summed E-state index contributed by atoms with van der Waals surface area (Å²) in [5, 5.41) is 14.2. The molecule has 1 heterocycles. The summed E-state index contributed by atoms with van der Waals surface area (Å²) in [7, 11) is 1.26. The first-order chi connectivity index (χ1) is 13.4. The van der Waals surface area contributed by atoms with E-state index in [0.29, 0.717) is 5.69 Å². The fourth-order valence-corrected chi connectivity index (χ4v) is 3.28. The maximum atomic E-state index is 12.7. The average molecular weight is 383 g/mol. The highest BCUT2D eigenvalue weighted by molar-refractivity contribution is 6.08. The summed E-state index contributed by atoms with van der Waals surface area (Å²) >= 11 is 0. The topological polar surface area (TPSA) is 102 Å². The first kappa shape index (κ1) is 19.3. The fraction of sp³-hybridized carbons (Fsp3) is 0.300. The van der Waals surface area contributed by atoms with Crippen molar-refractivity contribution in [3.63, 3.8) is 0 Å². The number of methoxy groups -OCH3 is 1. The van der Waals surface area contributed by atoms with E-state index in [1.165, 1.54) is 13.2 Å². The van der Waals surface area contributed by atoms with Gasteiger partial charge in [-0.3, -0.25) is 14.9 Å². The zero-order chi connectivity index (χ0) is 20.3. The predicted octanol–water partition coefficient (Wildman–Crippen LogP) is 3.54. The van der Waals surface area contributed by atoms with Crippen molar-refractivity contribution in [1.29, 1.82) is 0 Å². The number of ether oxygens (including phenoxy) is 1. The Morgan fingerprint density at radius 2 is 1.86 bits per heavy atom. The van der Waals surface area contributed by atoms with Gasteiger partial charge in [0.15, 0.2) is 0 Å². The molecule has 0 spiro atoms. The molecule has 0 radical (unpaired) electrons. The zero-order valence-corrected chi connectivity index (χ0v) is 15.7. The first-order valence-corrected chi connectivity index (χ1v) is 8.94. The molecule has 146 valence electrons. The Bertz CT molecular complexity index is 935. The number of hydrogen-bond acceptors (Lipinski definition) is 6. The number of nitrogens with zero attached hydrogens (tertiary/aromatic N) is 2. The lowest BCUT2D eigenvalue weighted by atomic mass is 10.1. The predicted molar refractivity (Wildman–Crippen MR) is 105 cm³/mol. The summed E-state index contributed by atoms with van der Waals surface area (Å²) < 4.78 is 4.76. The molecule has 1 aliphatic heterocycles. The summed E-state index contributed by atoms with van der Waals surface area (Å²) in [6.07, 6.45) is 1.98. The molecule has 2 aromatic rings. The molecule has 1 aliphatic rings. The van der Waals surface area contributed by atoms with Gasteiger partial charge in [-0.15, -0.1) is 0 Å². The minimum absolute atomic E-state index is 0.105. The number of esters is 1. The molecule has 28 heavy (non-hydrogen) atoms. The molecule has 8 heteroatoms. The summed E-state index contributed by atoms with van der Waals surface area (Å²) in [4.78, 5) is 37.6. The SMILES string of the molecule is COC(=O)c1cc(C)ccc1NC(=O)c1ccc(N2CCCC2)c([N+](=O)[O-])c1. The van der Waals surface area contributed by atoms with Crippen molar-refractivity contribution in [2.24, 2.45) is 0 Å². The average Bonchev–Trinajstić information content (AvgIpc) is 3.22. The van der Waals surface area contributed by atoms with Crippen LogP contribution < -0.4 is 10.2 Å². The van der Waals surface area contributed by atoms with E-state index in [0.717, 1.165) is 31.5 Å². The van der Waals surface area contributed by atoms with E-state index in [-0.39, 0.29) is 22.5 Å². The molecule has 1 N–H and O–H groups in total. The molecule has 1 saturated heterocycles. The Labute approximate surface area is 162 Å². The number of nitro benzene ring substituents is 1. The van der Waals surface area contributed by atoms with Crippen LogP contribution in [0.3, 0.4) is 0 Å². The van der Waals surface area contributed by atoms with Crippen LogP contribution in [0.25, 0.3) is 0 Å². The maximum absolute atomic E-state index is 12.7. The third-order valence-corrected chi connectivity index (χ3v) is 4.71. The van der Waals surface area contributed by atoms with Crippen LogP contribution in [0.2, 0.25) is 0 Å². The van der Waals surface area contributed by atoms with Crippen LogP contribution in [0.1, 0.15) is 39.1 Å². The number of anilines is 2. The van der Waals surface area contributed by atoms with E-state index in [1.54, 1.807) is 30.3 Å². The van der Waals surface area contributed by atoms with Crippen LogP contribution in [-0.4, -0.2) is 37.0 Å². The maximum Gasteiger partial charge on any atom is 0.339 e. The molecule has 0 saturated carbocycles. The van der Waals surface area contributed by atoms with Gasteiger partial charge in [0.25, 0.3) is 11.6 Å². The molecular weight excluding hydrogens is 362 g/mol. The summed E-state index contributed by atoms with van der Waals surface area (Å²) in [5.41, 5.74) is 1.90. The van der Waals surface area contributed by atoms with Gasteiger partial charge in [0.1, 0.15) is 5.69 Å². The molecule has 3 rings (SSSR count). The second-order valence-corrected chi connectivity index (χ2v) is 6.65. The first-order valence-electron chi connectivity index (χ1n) is 8.94. The van der Waals surface area contributed by atoms with Crippen molar-refractivity contribution in [3.05, 3.63) is 63.2 Å². The lowest BCUT2D eigenvalue weighted by Crippen LogP contribution is -2.20. The number of benzene rings is 2. The molecule has 2 aromatic carbocycles. The van der Waals surface area contributed by atoms with Crippen molar-refractivity contribution in [2.45, 2.75) is 19.8 Å². The van der Waals surface area contributed by atoms with Gasteiger partial charge in [0.2, 0.25) is 0 Å². The Morgan fingerprint density at radius 1 is 1.14 bits per heavy atom. The van der Waals surface area contributed by atoms with E-state index in [9.17, 15) is 19.7 Å². The van der Waals surface area contributed by atoms with Gasteiger partial charge < -0.3 is 15.0 Å². The Kier molecular flexibility index (Phi) is 5.58. The van der Waals surface area contributed by atoms with Crippen LogP contribution >= 0.6 is 0 Å². The minimum Gasteiger partial charge on any atom is -0.465 e. The van der Waals surface area contributed by atoms with Gasteiger partial charge in [-0.1, -0.05) is 11.6 Å². The zero-order valence-electron chi connectivity index (χ0n) is 15.7. The van der Waals surface area contributed by atoms with Crippen molar-refractivity contribution < 1.29 is 19.2 Å². The molecule has 1 fully saturated rings. The van der Waals surface area contributed by atoms with Crippen LogP contribution in [0.4, 0.5) is 17.1 Å². The van der Waals surface area contributed by atoms with E-state index in [2.05, 4.69) is 5.32 Å². The molecule has 0 unspecified atom stereocenters. The highest BCUT2D eigenvalue weighted by Crippen LogP contribution is 2.32. The third kappa shape index (κ3) is 3.95. The Balaban J connectivity index is 1.90. The summed E-state index contributed by atoms with van der Waals surface area (Å²) in [6.45, 7) is 3.34. The highest BCUT2D eigenvalue weighted by atomic mass is 16.6. The summed E-state index contributed by atoms with van der Waals surface area (Å²) in [5.74, 6) is -1.11. The van der Waals surface area contributed by atoms with Crippen molar-refractivity contribution in [3.8, 4) is 0 Å². The van der Waals surface area contributed by atoms with Crippen molar-refractivity contribution >= 4 is 28.9 Å². The number of rotatable bonds is 5. The Morgan fingerprint density at radius 3 is 2.50 bits per heavy atom. The normalized spacial score (nSPS) is 13.3. The smallest absolute Gasteiger partial charge is 0.339 e. The van der Waals surface area contributed by atoms with Gasteiger partial charge in [-0.05, 0) is 44.0 Å². The van der Waals surface area contributed by atoms with Crippen LogP contribution in [0, 0.1) is 17.0 Å². The second kappa shape index (κ2) is 8.08. The molecular formula is C20H21N3O5. The van der Waals surface area contributed by atoms with E-state index < -0.39 is 16.8 Å². The van der Waals surface area contributed by atoms with Gasteiger partial charge in [-0.25, -0.2) is 4.79 Å². The van der Waals surface area contributed by atoms with Crippen LogP contribution in [0.5, 0.6) is 0 Å². The monoisotopic (exact) mass is 383 g/mol. The van der Waals surface area contributed by atoms with Gasteiger partial charge in [-0.2, -0.15) is 0 Å². The lowest BCUT2D eigenvalue weighted by Gasteiger charge is -2.18. The van der Waals surface area contributed by atoms with Gasteiger partial charge >= 0.3 is 5.97 Å². The quantitative estimate of drug-likeness (QED) is 0.481. The second-order valence-electron chi connectivity index (χ2n) is 6.65. The number of nitrogens with one attached hydrogen (secondary N) is 1. The fourth-order valence-electron chi connectivity index (χ4n) is 3.28. The molecule has 0 aliphatic carbocycles. The number of hydrogen-bond donors (Lipinski definition) is 1. The van der Waals surface area contributed by atoms with Crippen LogP contribution in [-0.2, 0) is 4.74 Å². The standard InChI is InChI=1S/C20H21N3O5/c1-13-5-7-16(15(11-13)20(25)28-2)21-19(24)14-6-8-17(18(12-14)23(26)27)22-9-3-4-10-22/h5-8,11-12H,3-4,9-10H2,1-2H3,(H,21,24). The molecule has 0 aromatic heterocycles. The minimum atomic E-state index is -0.575. The molecule has 0 atom stereocenters. The Hall–Kier alpha value is -3.42. The van der Waals surface area contributed by atoms with E-state index in [4.69, 9.17) is 4.74 Å². The van der Waals surface area contributed by atoms with Crippen molar-refractivity contribution in [1.82, 2.24) is 0 Å². The molecule has 0 bridgehead atoms. The van der Waals surface area contributed by atoms with Crippen molar-refractivity contribution in [2.75, 3.05) is 30.4 Å². The number of aryl methyl sites for hydroxylation is 1. The lowest BCUT2D eigenvalue weighted by molar-refractivity contribution is -0.384. The summed E-state index contributed by atoms with van der Waals surface area (Å²) in [6, 6.07) is 9.40. The van der Waals surface area contributed by atoms with Gasteiger partial charge in [0.05, 0.1) is 23.3 Å². The highest BCUT2D eigenvalue weighted by Gasteiger charge is 2.24. The largest absolute Gasteiger partial charge is 0.465 e. The molecule has 1 amide bonds. The van der Waals surface area contributed by atoms with E-state index >= 15 is 0 Å². The third-order valence-electron chi connectivity index (χ3n) is 4.71. The number of amides is 1. The number of nitro groups is 1. The van der Waals surface area contributed by atoms with Gasteiger partial charge in [0, 0.05) is 24.7 Å². The molecule has 8 nitrogen and oxygen atoms in total. The number of carbonyl (C=O) groups excluding carboxylic acids is 2.